The van der Waals surface area contributed by atoms with E-state index < -0.39 is 10.0 Å². The molecule has 3 aromatic heterocycles. The Balaban J connectivity index is 1.48. The van der Waals surface area contributed by atoms with Gasteiger partial charge in [-0.1, -0.05) is 13.0 Å². The van der Waals surface area contributed by atoms with Crippen LogP contribution in [0.5, 0.6) is 0 Å². The molecule has 0 spiro atoms. The van der Waals surface area contributed by atoms with Crippen LogP contribution in [-0.4, -0.2) is 57.0 Å². The van der Waals surface area contributed by atoms with Gasteiger partial charge >= 0.3 is 0 Å². The first-order valence-electron chi connectivity index (χ1n) is 11.1. The summed E-state index contributed by atoms with van der Waals surface area (Å²) in [5.41, 5.74) is 1.27. The zero-order valence-corrected chi connectivity index (χ0v) is 19.0. The summed E-state index contributed by atoms with van der Waals surface area (Å²) in [5, 5.41) is 3.53. The Hall–Kier alpha value is -2.72. The topological polar surface area (TPSA) is 106 Å². The van der Waals surface area contributed by atoms with Gasteiger partial charge in [0.05, 0.1) is 11.6 Å². The maximum absolute atomic E-state index is 13.3. The van der Waals surface area contributed by atoms with Gasteiger partial charge in [-0.15, -0.1) is 0 Å². The summed E-state index contributed by atoms with van der Waals surface area (Å²) in [5.74, 6) is -0.248. The van der Waals surface area contributed by atoms with Crippen LogP contribution in [0.15, 0.2) is 35.3 Å². The lowest BCUT2D eigenvalue weighted by atomic mass is 9.99. The van der Waals surface area contributed by atoms with E-state index in [9.17, 15) is 18.0 Å². The van der Waals surface area contributed by atoms with Crippen molar-refractivity contribution in [2.45, 2.75) is 63.7 Å². The molecule has 2 aliphatic heterocycles. The fourth-order valence-corrected chi connectivity index (χ4v) is 6.91. The number of pyridine rings is 1. The van der Waals surface area contributed by atoms with Crippen LogP contribution in [0, 0.1) is 0 Å². The van der Waals surface area contributed by atoms with Gasteiger partial charge in [0.15, 0.2) is 0 Å². The van der Waals surface area contributed by atoms with E-state index in [0.29, 0.717) is 41.8 Å². The molecule has 5 rings (SSSR count). The van der Waals surface area contributed by atoms with Crippen molar-refractivity contribution in [1.82, 2.24) is 23.6 Å². The van der Waals surface area contributed by atoms with Crippen molar-refractivity contribution in [3.8, 4) is 0 Å². The van der Waals surface area contributed by atoms with Gasteiger partial charge in [0.25, 0.3) is 11.5 Å². The quantitative estimate of drug-likeness (QED) is 0.628. The van der Waals surface area contributed by atoms with Crippen LogP contribution >= 0.6 is 0 Å². The molecule has 3 aromatic rings. The van der Waals surface area contributed by atoms with Gasteiger partial charge < -0.3 is 9.88 Å². The van der Waals surface area contributed by atoms with Gasteiger partial charge in [-0.25, -0.2) is 13.4 Å². The first-order valence-corrected chi connectivity index (χ1v) is 12.9. The molecule has 1 amide bonds. The van der Waals surface area contributed by atoms with Crippen LogP contribution in [-0.2, 0) is 16.6 Å². The van der Waals surface area contributed by atoms with Crippen LogP contribution < -0.4 is 10.9 Å². The van der Waals surface area contributed by atoms with E-state index in [1.54, 1.807) is 28.7 Å². The molecule has 2 unspecified atom stereocenters. The van der Waals surface area contributed by atoms with Crippen LogP contribution in [0.2, 0.25) is 0 Å². The molecular formula is C22H27N5O4S. The van der Waals surface area contributed by atoms with Crippen molar-refractivity contribution in [2.24, 2.45) is 0 Å². The lowest BCUT2D eigenvalue weighted by Gasteiger charge is -2.37. The van der Waals surface area contributed by atoms with Gasteiger partial charge in [-0.3, -0.25) is 14.0 Å². The molecule has 2 bridgehead atoms. The largest absolute Gasteiger partial charge is 0.348 e. The van der Waals surface area contributed by atoms with Crippen molar-refractivity contribution in [3.05, 3.63) is 46.5 Å². The molecule has 1 N–H and O–H groups in total. The van der Waals surface area contributed by atoms with Gasteiger partial charge in [-0.2, -0.15) is 4.31 Å². The van der Waals surface area contributed by atoms with Gasteiger partial charge in [0.2, 0.25) is 10.0 Å². The second-order valence-corrected chi connectivity index (χ2v) is 10.8. The SMILES string of the molecule is CCCn1c(C(=O)NC2CC3CCC(C2)N3S(C)(=O)=O)cc2c(=O)n3ccccc3nc21. The summed E-state index contributed by atoms with van der Waals surface area (Å²) >= 11 is 0. The minimum atomic E-state index is -3.25. The van der Waals surface area contributed by atoms with E-state index >= 15 is 0 Å². The zero-order chi connectivity index (χ0) is 22.6. The Bertz CT molecular complexity index is 1360. The number of piperidine rings is 1. The molecule has 0 aromatic carbocycles. The number of aryl methyl sites for hydroxylation is 1. The molecule has 0 aliphatic carbocycles. The van der Waals surface area contributed by atoms with E-state index in [4.69, 9.17) is 0 Å². The number of hydrogen-bond donors (Lipinski definition) is 1. The molecule has 2 saturated heterocycles. The highest BCUT2D eigenvalue weighted by Gasteiger charge is 2.45. The van der Waals surface area contributed by atoms with Crippen molar-refractivity contribution in [1.29, 1.82) is 0 Å². The van der Waals surface area contributed by atoms with Crippen LogP contribution in [0.25, 0.3) is 16.7 Å². The lowest BCUT2D eigenvalue weighted by molar-refractivity contribution is 0.0900. The summed E-state index contributed by atoms with van der Waals surface area (Å²) in [4.78, 5) is 31.0. The summed E-state index contributed by atoms with van der Waals surface area (Å²) in [6.45, 7) is 2.58. The Morgan fingerprint density at radius 1 is 1.22 bits per heavy atom. The van der Waals surface area contributed by atoms with Crippen molar-refractivity contribution in [2.75, 3.05) is 6.26 Å². The number of sulfonamides is 1. The highest BCUT2D eigenvalue weighted by atomic mass is 32.2. The fourth-order valence-electron chi connectivity index (χ4n) is 5.44. The molecule has 9 nitrogen and oxygen atoms in total. The molecule has 32 heavy (non-hydrogen) atoms. The molecular weight excluding hydrogens is 430 g/mol. The number of carbonyl (C=O) groups is 1. The first-order chi connectivity index (χ1) is 15.3. The number of nitrogens with one attached hydrogen (secondary N) is 1. The number of nitrogens with zero attached hydrogens (tertiary/aromatic N) is 4. The van der Waals surface area contributed by atoms with E-state index in [1.165, 1.54) is 10.7 Å². The number of aromatic nitrogens is 3. The predicted octanol–water partition coefficient (Wildman–Crippen LogP) is 1.74. The third-order valence-electron chi connectivity index (χ3n) is 6.64. The van der Waals surface area contributed by atoms with E-state index in [0.717, 1.165) is 19.3 Å². The first kappa shape index (κ1) is 21.1. The van der Waals surface area contributed by atoms with Crippen molar-refractivity contribution < 1.29 is 13.2 Å². The van der Waals surface area contributed by atoms with E-state index in [-0.39, 0.29) is 29.6 Å². The standard InChI is InChI=1S/C22H27N5O4S/c1-3-9-25-18(13-17-20(25)24-19-6-4-5-10-26(19)22(17)29)21(28)23-14-11-15-7-8-16(12-14)27(15)32(2,30)31/h4-6,10,13-16H,3,7-9,11-12H2,1-2H3,(H,23,28). The second kappa shape index (κ2) is 7.70. The summed E-state index contributed by atoms with van der Waals surface area (Å²) in [6, 6.07) is 6.78. The molecule has 0 radical (unpaired) electrons. The Kier molecular flexibility index (Phi) is 5.09. The van der Waals surface area contributed by atoms with E-state index in [2.05, 4.69) is 10.3 Å². The zero-order valence-electron chi connectivity index (χ0n) is 18.2. The normalized spacial score (nSPS) is 23.8. The smallest absolute Gasteiger partial charge is 0.268 e. The third kappa shape index (κ3) is 3.41. The van der Waals surface area contributed by atoms with Crippen LogP contribution in [0.3, 0.4) is 0 Å². The average Bonchev–Trinajstić information content (AvgIpc) is 3.24. The number of hydrogen-bond acceptors (Lipinski definition) is 5. The molecule has 2 atom stereocenters. The van der Waals surface area contributed by atoms with Crippen LogP contribution in [0.1, 0.15) is 49.5 Å². The maximum atomic E-state index is 13.3. The Labute approximate surface area is 186 Å². The summed E-state index contributed by atoms with van der Waals surface area (Å²) in [7, 11) is -3.25. The van der Waals surface area contributed by atoms with Crippen molar-refractivity contribution in [3.63, 3.8) is 0 Å². The monoisotopic (exact) mass is 457 g/mol. The van der Waals surface area contributed by atoms with Gasteiger partial charge in [-0.05, 0) is 50.3 Å². The number of rotatable bonds is 5. The molecule has 5 heterocycles. The number of amides is 1. The Morgan fingerprint density at radius 2 is 1.94 bits per heavy atom. The second-order valence-electron chi connectivity index (χ2n) is 8.88. The molecule has 2 fully saturated rings. The average molecular weight is 458 g/mol. The number of carbonyl (C=O) groups excluding carboxylic acids is 1. The summed E-state index contributed by atoms with van der Waals surface area (Å²) in [6.07, 6.45) is 6.59. The minimum absolute atomic E-state index is 0.0628. The fraction of sp³-hybridized carbons (Fsp3) is 0.500. The predicted molar refractivity (Wildman–Crippen MR) is 121 cm³/mol. The highest BCUT2D eigenvalue weighted by molar-refractivity contribution is 7.88. The van der Waals surface area contributed by atoms with Crippen LogP contribution in [0.4, 0.5) is 0 Å². The lowest BCUT2D eigenvalue weighted by Crippen LogP contribution is -2.52. The molecule has 170 valence electrons. The molecule has 10 heteroatoms. The van der Waals surface area contributed by atoms with Crippen molar-refractivity contribution >= 4 is 32.6 Å². The maximum Gasteiger partial charge on any atom is 0.268 e. The minimum Gasteiger partial charge on any atom is -0.348 e. The summed E-state index contributed by atoms with van der Waals surface area (Å²) < 4.78 is 29.2. The van der Waals surface area contributed by atoms with Gasteiger partial charge in [0, 0.05) is 30.9 Å². The third-order valence-corrected chi connectivity index (χ3v) is 8.00. The van der Waals surface area contributed by atoms with E-state index in [1.807, 2.05) is 17.6 Å². The highest BCUT2D eigenvalue weighted by Crippen LogP contribution is 2.37. The van der Waals surface area contributed by atoms with Gasteiger partial charge in [0.1, 0.15) is 17.0 Å². The Morgan fingerprint density at radius 3 is 2.59 bits per heavy atom. The molecule has 0 saturated carbocycles. The number of fused-ring (bicyclic) bond motifs is 4. The molecule has 2 aliphatic rings.